The molecule has 2 nitrogen and oxygen atoms in total. The van der Waals surface area contributed by atoms with Crippen LogP contribution in [0.4, 0.5) is 0 Å². The van der Waals surface area contributed by atoms with Crippen LogP contribution in [0.25, 0.3) is 0 Å². The molecular formula is C22H37NOSSi. The van der Waals surface area contributed by atoms with Crippen LogP contribution in [0, 0.1) is 5.92 Å². The lowest BCUT2D eigenvalue weighted by Gasteiger charge is -2.26. The van der Waals surface area contributed by atoms with E-state index in [1.54, 1.807) is 11.1 Å². The number of aryl methyl sites for hydroxylation is 1. The quantitative estimate of drug-likeness (QED) is 0.517. The largest absolute Gasteiger partial charge is 0.394 e. The lowest BCUT2D eigenvalue weighted by molar-refractivity contribution is 0.198. The Morgan fingerprint density at radius 2 is 2.04 bits per heavy atom. The SMILES string of the molecule is C[Si](C)(C)CCSC[C@@H]1CCc2cc([C@H]3CC[C@](N)(CO)C3)ccc2C1. The van der Waals surface area contributed by atoms with Gasteiger partial charge >= 0.3 is 0 Å². The first-order chi connectivity index (χ1) is 12.3. The van der Waals surface area contributed by atoms with Crippen molar-refractivity contribution < 1.29 is 5.11 Å². The Morgan fingerprint density at radius 1 is 1.23 bits per heavy atom. The van der Waals surface area contributed by atoms with Gasteiger partial charge in [-0.2, -0.15) is 11.8 Å². The molecule has 1 aromatic rings. The van der Waals surface area contributed by atoms with Crippen molar-refractivity contribution in [1.29, 1.82) is 0 Å². The summed E-state index contributed by atoms with van der Waals surface area (Å²) in [7, 11) is -0.880. The van der Waals surface area contributed by atoms with Gasteiger partial charge in [-0.15, -0.1) is 0 Å². The third-order valence-corrected chi connectivity index (χ3v) is 9.65. The number of fused-ring (bicyclic) bond motifs is 1. The first-order valence-electron chi connectivity index (χ1n) is 10.4. The van der Waals surface area contributed by atoms with Gasteiger partial charge in [0.15, 0.2) is 0 Å². The van der Waals surface area contributed by atoms with Crippen LogP contribution in [0.2, 0.25) is 25.7 Å². The van der Waals surface area contributed by atoms with E-state index < -0.39 is 8.07 Å². The molecule has 26 heavy (non-hydrogen) atoms. The molecule has 0 saturated heterocycles. The van der Waals surface area contributed by atoms with E-state index in [9.17, 15) is 5.11 Å². The van der Waals surface area contributed by atoms with Crippen molar-refractivity contribution in [3.8, 4) is 0 Å². The second-order valence-corrected chi connectivity index (χ2v) is 16.8. The molecule has 3 rings (SSSR count). The van der Waals surface area contributed by atoms with Crippen LogP contribution in [-0.4, -0.2) is 36.8 Å². The first kappa shape index (κ1) is 20.4. The Kier molecular flexibility index (Phi) is 6.59. The summed E-state index contributed by atoms with van der Waals surface area (Å²) in [5.41, 5.74) is 10.5. The van der Waals surface area contributed by atoms with Crippen LogP contribution in [-0.2, 0) is 12.8 Å². The molecule has 4 heteroatoms. The number of aliphatic hydroxyl groups is 1. The van der Waals surface area contributed by atoms with E-state index in [1.165, 1.54) is 42.4 Å². The lowest BCUT2D eigenvalue weighted by atomic mass is 9.82. The van der Waals surface area contributed by atoms with Crippen molar-refractivity contribution in [2.45, 2.75) is 75.7 Å². The second kappa shape index (κ2) is 8.38. The van der Waals surface area contributed by atoms with E-state index in [-0.39, 0.29) is 12.1 Å². The summed E-state index contributed by atoms with van der Waals surface area (Å²) >= 11 is 2.18. The molecule has 2 aliphatic carbocycles. The zero-order valence-corrected chi connectivity index (χ0v) is 18.7. The van der Waals surface area contributed by atoms with Crippen molar-refractivity contribution >= 4 is 19.8 Å². The number of thioether (sulfide) groups is 1. The van der Waals surface area contributed by atoms with Gasteiger partial charge in [-0.3, -0.25) is 0 Å². The Labute approximate surface area is 165 Å². The molecular weight excluding hydrogens is 354 g/mol. The van der Waals surface area contributed by atoms with Gasteiger partial charge in [-0.1, -0.05) is 37.8 Å². The lowest BCUT2D eigenvalue weighted by Crippen LogP contribution is -2.40. The summed E-state index contributed by atoms with van der Waals surface area (Å²) in [6.07, 6.45) is 6.84. The monoisotopic (exact) mass is 391 g/mol. The van der Waals surface area contributed by atoms with Crippen LogP contribution in [0.5, 0.6) is 0 Å². The van der Waals surface area contributed by atoms with Gasteiger partial charge in [0.25, 0.3) is 0 Å². The summed E-state index contributed by atoms with van der Waals surface area (Å²) in [4.78, 5) is 0. The third kappa shape index (κ3) is 5.37. The maximum absolute atomic E-state index is 9.52. The van der Waals surface area contributed by atoms with Gasteiger partial charge in [0.1, 0.15) is 0 Å². The zero-order chi connectivity index (χ0) is 18.8. The van der Waals surface area contributed by atoms with Crippen molar-refractivity contribution in [2.24, 2.45) is 11.7 Å². The summed E-state index contributed by atoms with van der Waals surface area (Å²) in [5, 5.41) is 9.52. The molecule has 146 valence electrons. The van der Waals surface area contributed by atoms with Crippen LogP contribution in [0.15, 0.2) is 18.2 Å². The van der Waals surface area contributed by atoms with Crippen LogP contribution in [0.3, 0.4) is 0 Å². The smallest absolute Gasteiger partial charge is 0.0611 e. The highest BCUT2D eigenvalue weighted by Crippen LogP contribution is 2.40. The zero-order valence-electron chi connectivity index (χ0n) is 16.9. The van der Waals surface area contributed by atoms with E-state index in [4.69, 9.17) is 5.73 Å². The third-order valence-electron chi connectivity index (χ3n) is 6.34. The van der Waals surface area contributed by atoms with E-state index in [1.807, 2.05) is 0 Å². The fourth-order valence-electron chi connectivity index (χ4n) is 4.46. The molecule has 0 aliphatic heterocycles. The van der Waals surface area contributed by atoms with Crippen molar-refractivity contribution in [2.75, 3.05) is 18.1 Å². The maximum Gasteiger partial charge on any atom is 0.0611 e. The summed E-state index contributed by atoms with van der Waals surface area (Å²) in [6.45, 7) is 7.54. The normalized spacial score (nSPS) is 29.0. The molecule has 1 saturated carbocycles. The summed E-state index contributed by atoms with van der Waals surface area (Å²) < 4.78 is 0. The highest BCUT2D eigenvalue weighted by atomic mass is 32.2. The highest BCUT2D eigenvalue weighted by molar-refractivity contribution is 7.99. The Hall–Kier alpha value is -0.293. The fourth-order valence-corrected chi connectivity index (χ4v) is 8.27. The molecule has 0 aromatic heterocycles. The number of rotatable bonds is 7. The van der Waals surface area contributed by atoms with Crippen LogP contribution in [0.1, 0.15) is 48.3 Å². The number of benzene rings is 1. The van der Waals surface area contributed by atoms with E-state index in [0.29, 0.717) is 5.92 Å². The van der Waals surface area contributed by atoms with E-state index >= 15 is 0 Å². The Bertz CT molecular complexity index is 615. The van der Waals surface area contributed by atoms with Crippen LogP contribution < -0.4 is 5.73 Å². The molecule has 3 N–H and O–H groups in total. The second-order valence-electron chi connectivity index (χ2n) is 9.98. The molecule has 0 spiro atoms. The predicted octanol–water partition coefficient (Wildman–Crippen LogP) is 4.82. The van der Waals surface area contributed by atoms with Gasteiger partial charge in [0.2, 0.25) is 0 Å². The van der Waals surface area contributed by atoms with Crippen molar-refractivity contribution in [1.82, 2.24) is 0 Å². The number of hydrogen-bond acceptors (Lipinski definition) is 3. The topological polar surface area (TPSA) is 46.2 Å². The Balaban J connectivity index is 1.53. The minimum atomic E-state index is -0.880. The molecule has 3 atom stereocenters. The number of hydrogen-bond donors (Lipinski definition) is 2. The standard InChI is InChI=1S/C22H37NOSSi/c1-26(2,3)11-10-25-15-17-4-5-19-13-20(7-6-18(19)12-17)21-8-9-22(23,14-21)16-24/h6-7,13,17,21,24H,4-5,8-12,14-16,23H2,1-3H3/t17-,21+,22-/m1/s1. The van der Waals surface area contributed by atoms with Gasteiger partial charge in [0.05, 0.1) is 6.61 Å². The van der Waals surface area contributed by atoms with E-state index in [0.717, 1.165) is 25.2 Å². The Morgan fingerprint density at radius 3 is 2.73 bits per heavy atom. The first-order valence-corrected chi connectivity index (χ1v) is 15.2. The maximum atomic E-state index is 9.52. The number of aliphatic hydroxyl groups excluding tert-OH is 1. The van der Waals surface area contributed by atoms with E-state index in [2.05, 4.69) is 49.6 Å². The highest BCUT2D eigenvalue weighted by Gasteiger charge is 2.36. The minimum absolute atomic E-state index is 0.117. The van der Waals surface area contributed by atoms with Crippen LogP contribution >= 0.6 is 11.8 Å². The molecule has 0 unspecified atom stereocenters. The molecule has 0 amide bonds. The van der Waals surface area contributed by atoms with Gasteiger partial charge in [0, 0.05) is 13.6 Å². The van der Waals surface area contributed by atoms with Crippen molar-refractivity contribution in [3.05, 3.63) is 34.9 Å². The van der Waals surface area contributed by atoms with Gasteiger partial charge in [-0.05, 0) is 84.6 Å². The summed E-state index contributed by atoms with van der Waals surface area (Å²) in [5.74, 6) is 4.08. The molecule has 2 aliphatic rings. The van der Waals surface area contributed by atoms with Gasteiger partial charge in [-0.25, -0.2) is 0 Å². The minimum Gasteiger partial charge on any atom is -0.394 e. The molecule has 1 aromatic carbocycles. The average Bonchev–Trinajstić information content (AvgIpc) is 3.00. The molecule has 1 fully saturated rings. The fraction of sp³-hybridized carbons (Fsp3) is 0.727. The molecule has 0 bridgehead atoms. The molecule has 0 heterocycles. The van der Waals surface area contributed by atoms with Crippen molar-refractivity contribution in [3.63, 3.8) is 0 Å². The average molecular weight is 392 g/mol. The predicted molar refractivity (Wildman–Crippen MR) is 118 cm³/mol. The summed E-state index contributed by atoms with van der Waals surface area (Å²) in [6, 6.07) is 8.63. The van der Waals surface area contributed by atoms with Gasteiger partial charge < -0.3 is 10.8 Å². The molecule has 0 radical (unpaired) electrons. The number of nitrogens with two attached hydrogens (primary N) is 1.